The van der Waals surface area contributed by atoms with Gasteiger partial charge >= 0.3 is 18.1 Å². The van der Waals surface area contributed by atoms with Crippen molar-refractivity contribution in [1.82, 2.24) is 9.97 Å². The van der Waals surface area contributed by atoms with Crippen molar-refractivity contribution in [3.63, 3.8) is 0 Å². The van der Waals surface area contributed by atoms with Gasteiger partial charge in [0.05, 0.1) is 22.4 Å². The fourth-order valence-corrected chi connectivity index (χ4v) is 5.69. The lowest BCUT2D eigenvalue weighted by molar-refractivity contribution is -0.140. The number of nitrogens with one attached hydrogen (secondary N) is 1. The lowest BCUT2D eigenvalue weighted by Crippen LogP contribution is -2.27. The van der Waals surface area contributed by atoms with Crippen LogP contribution in [0.1, 0.15) is 39.2 Å². The minimum atomic E-state index is -1.20. The van der Waals surface area contributed by atoms with Crippen LogP contribution in [-0.2, 0) is 14.3 Å². The zero-order valence-electron chi connectivity index (χ0n) is 23.2. The van der Waals surface area contributed by atoms with Gasteiger partial charge in [-0.3, -0.25) is 10.1 Å². The van der Waals surface area contributed by atoms with Crippen molar-refractivity contribution in [1.29, 1.82) is 5.26 Å². The Morgan fingerprint density at radius 3 is 2.57 bits per heavy atom. The maximum Gasteiger partial charge on any atom is 0.412 e. The van der Waals surface area contributed by atoms with Gasteiger partial charge < -0.3 is 14.4 Å². The minimum absolute atomic E-state index is 0.00314. The number of carbonyl (C=O) groups excluding carboxylic acids is 2. The van der Waals surface area contributed by atoms with Gasteiger partial charge in [0.1, 0.15) is 33.8 Å². The van der Waals surface area contributed by atoms with Crippen LogP contribution in [0.3, 0.4) is 0 Å². The molecule has 2 aromatic carbocycles. The second kappa shape index (κ2) is 12.0. The summed E-state index contributed by atoms with van der Waals surface area (Å²) in [6.07, 6.45) is -1.60. The molecule has 220 valence electrons. The zero-order valence-corrected chi connectivity index (χ0v) is 24.8. The number of aromatic nitrogens is 2. The molecule has 0 atom stereocenters. The number of halogens is 4. The predicted molar refractivity (Wildman–Crippen MR) is 154 cm³/mol. The van der Waals surface area contributed by atoms with E-state index in [0.29, 0.717) is 6.42 Å². The van der Waals surface area contributed by atoms with Gasteiger partial charge in [-0.05, 0) is 44.9 Å². The zero-order chi connectivity index (χ0) is 30.9. The summed E-state index contributed by atoms with van der Waals surface area (Å²) in [7, 11) is 2.86. The molecule has 14 heteroatoms. The molecule has 0 aliphatic carbocycles. The van der Waals surface area contributed by atoms with E-state index in [1.165, 1.54) is 24.1 Å². The first-order valence-electron chi connectivity index (χ1n) is 12.5. The number of anilines is 2. The topological polar surface area (TPSA) is 117 Å². The Balaban J connectivity index is 1.87. The van der Waals surface area contributed by atoms with E-state index in [1.807, 2.05) is 6.07 Å². The highest BCUT2D eigenvalue weighted by Gasteiger charge is 2.27. The van der Waals surface area contributed by atoms with Crippen molar-refractivity contribution in [2.45, 2.75) is 39.2 Å². The van der Waals surface area contributed by atoms with E-state index in [9.17, 15) is 23.6 Å². The third-order valence-electron chi connectivity index (χ3n) is 6.09. The molecule has 4 aromatic rings. The van der Waals surface area contributed by atoms with Crippen LogP contribution in [-0.4, -0.2) is 48.3 Å². The van der Waals surface area contributed by atoms with Crippen LogP contribution in [0.5, 0.6) is 0 Å². The molecule has 0 saturated carbocycles. The van der Waals surface area contributed by atoms with Crippen molar-refractivity contribution in [2.75, 3.05) is 30.9 Å². The summed E-state index contributed by atoms with van der Waals surface area (Å²) in [6, 6.07) is 5.63. The van der Waals surface area contributed by atoms with Gasteiger partial charge in [0.2, 0.25) is 0 Å². The summed E-state index contributed by atoms with van der Waals surface area (Å²) in [5, 5.41) is 12.4. The predicted octanol–water partition coefficient (Wildman–Crippen LogP) is 7.19. The van der Waals surface area contributed by atoms with E-state index in [1.54, 1.807) is 27.8 Å². The number of fused-ring (bicyclic) bond motifs is 2. The number of nitrogens with zero attached hydrogens (tertiary/aromatic N) is 4. The van der Waals surface area contributed by atoms with Gasteiger partial charge in [-0.2, -0.15) is 19.6 Å². The molecule has 1 amide bonds. The molecule has 0 aliphatic heterocycles. The lowest BCUT2D eigenvalue weighted by atomic mass is 9.97. The van der Waals surface area contributed by atoms with Crippen LogP contribution < -0.4 is 10.2 Å². The number of hydrogen-bond donors (Lipinski definition) is 1. The van der Waals surface area contributed by atoms with Crippen molar-refractivity contribution in [2.24, 2.45) is 0 Å². The van der Waals surface area contributed by atoms with E-state index in [4.69, 9.17) is 16.3 Å². The van der Waals surface area contributed by atoms with Crippen LogP contribution in [0.15, 0.2) is 18.2 Å². The molecule has 0 bridgehead atoms. The number of nitriles is 1. The molecule has 42 heavy (non-hydrogen) atoms. The monoisotopic (exact) mass is 619 g/mol. The van der Waals surface area contributed by atoms with E-state index < -0.39 is 40.9 Å². The Morgan fingerprint density at radius 2 is 1.93 bits per heavy atom. The molecule has 2 aromatic heterocycles. The molecule has 4 rings (SSSR count). The summed E-state index contributed by atoms with van der Waals surface area (Å²) in [5.41, 5.74) is -1.57. The van der Waals surface area contributed by atoms with Gasteiger partial charge in [0, 0.05) is 36.3 Å². The highest BCUT2D eigenvalue weighted by atomic mass is 35.5. The molecule has 1 N–H and O–H groups in total. The minimum Gasteiger partial charge on any atom is -0.469 e. The van der Waals surface area contributed by atoms with Crippen LogP contribution in [0.2, 0.25) is 5.02 Å². The standard InChI is InChI=1S/C28H25ClF3N5O4S/c1-28(2,3)41-27(39)36-25-15(12-33)19-13(8-9-17(30)23(19)42-25)20-16(29)11-14-22(21(20)31)34-26(32)35-24(14)37(4)10-6-7-18(38)40-5/h8-9,11H,6-7,10H2,1-5H3,(H,36,39). The highest BCUT2D eigenvalue weighted by Crippen LogP contribution is 2.46. The third kappa shape index (κ3) is 6.19. The number of hydrogen-bond acceptors (Lipinski definition) is 9. The Kier molecular flexibility index (Phi) is 8.79. The molecule has 0 fully saturated rings. The summed E-state index contributed by atoms with van der Waals surface area (Å²) in [5.74, 6) is -2.11. The first-order chi connectivity index (χ1) is 19.7. The number of rotatable bonds is 7. The van der Waals surface area contributed by atoms with Gasteiger partial charge in [0.15, 0.2) is 5.82 Å². The molecule has 0 spiro atoms. The van der Waals surface area contributed by atoms with Crippen molar-refractivity contribution in [3.05, 3.63) is 46.5 Å². The molecule has 0 saturated heterocycles. The fourth-order valence-electron chi connectivity index (χ4n) is 4.33. The Morgan fingerprint density at radius 1 is 1.21 bits per heavy atom. The van der Waals surface area contributed by atoms with E-state index in [2.05, 4.69) is 20.0 Å². The number of amides is 1. The normalized spacial score (nSPS) is 11.4. The number of benzene rings is 2. The molecule has 0 radical (unpaired) electrons. The third-order valence-corrected chi connectivity index (χ3v) is 7.50. The maximum atomic E-state index is 16.2. The smallest absolute Gasteiger partial charge is 0.412 e. The van der Waals surface area contributed by atoms with Crippen LogP contribution in [0.25, 0.3) is 32.1 Å². The van der Waals surface area contributed by atoms with Crippen LogP contribution in [0.4, 0.5) is 28.8 Å². The largest absolute Gasteiger partial charge is 0.469 e. The number of carbonyl (C=O) groups is 2. The lowest BCUT2D eigenvalue weighted by Gasteiger charge is -2.20. The van der Waals surface area contributed by atoms with Crippen LogP contribution in [0, 0.1) is 29.0 Å². The van der Waals surface area contributed by atoms with Crippen molar-refractivity contribution >= 4 is 66.8 Å². The second-order valence-corrected chi connectivity index (χ2v) is 11.6. The van der Waals surface area contributed by atoms with Crippen LogP contribution >= 0.6 is 22.9 Å². The first-order valence-corrected chi connectivity index (χ1v) is 13.7. The highest BCUT2D eigenvalue weighted by molar-refractivity contribution is 7.23. The summed E-state index contributed by atoms with van der Waals surface area (Å²) < 4.78 is 55.6. The molecule has 2 heterocycles. The number of methoxy groups -OCH3 is 1. The Bertz CT molecular complexity index is 1770. The Labute approximate surface area is 247 Å². The SMILES string of the molecule is COC(=O)CCCN(C)c1nc(F)nc2c(F)c(-c3ccc(F)c4sc(NC(=O)OC(C)(C)C)c(C#N)c34)c(Cl)cc12. The number of ether oxygens (including phenoxy) is 2. The van der Waals surface area contributed by atoms with E-state index in [0.717, 1.165) is 17.4 Å². The van der Waals surface area contributed by atoms with Gasteiger partial charge in [-0.25, -0.2) is 13.6 Å². The molecule has 9 nitrogen and oxygen atoms in total. The Hall–Kier alpha value is -4.15. The van der Waals surface area contributed by atoms with Gasteiger partial charge in [0.25, 0.3) is 0 Å². The van der Waals surface area contributed by atoms with Crippen molar-refractivity contribution < 1.29 is 32.2 Å². The van der Waals surface area contributed by atoms with Crippen molar-refractivity contribution in [3.8, 4) is 17.2 Å². The van der Waals surface area contributed by atoms with Gasteiger partial charge in [-0.1, -0.05) is 17.7 Å². The molecular weight excluding hydrogens is 595 g/mol. The summed E-state index contributed by atoms with van der Waals surface area (Å²) in [6.45, 7) is 5.22. The average molecular weight is 620 g/mol. The maximum absolute atomic E-state index is 16.2. The molecular formula is C28H25ClF3N5O4S. The quantitative estimate of drug-likeness (QED) is 0.171. The molecule has 0 aliphatic rings. The number of thiophene rings is 1. The number of esters is 1. The van der Waals surface area contributed by atoms with E-state index >= 15 is 4.39 Å². The first kappa shape index (κ1) is 30.8. The van der Waals surface area contributed by atoms with Gasteiger partial charge in [-0.15, -0.1) is 11.3 Å². The second-order valence-electron chi connectivity index (χ2n) is 10.2. The summed E-state index contributed by atoms with van der Waals surface area (Å²) in [4.78, 5) is 32.9. The average Bonchev–Trinajstić information content (AvgIpc) is 3.27. The fraction of sp³-hybridized carbons (Fsp3) is 0.321. The summed E-state index contributed by atoms with van der Waals surface area (Å²) >= 11 is 7.37. The molecule has 0 unspecified atom stereocenters. The van der Waals surface area contributed by atoms with E-state index in [-0.39, 0.29) is 61.0 Å².